The number of likely N-dealkylation sites (tertiary alicyclic amines) is 1. The van der Waals surface area contributed by atoms with Crippen LogP contribution in [0.1, 0.15) is 246 Å². The van der Waals surface area contributed by atoms with Crippen molar-refractivity contribution >= 4 is 23.9 Å². The summed E-state index contributed by atoms with van der Waals surface area (Å²) in [6.45, 7) is 11.0. The molecule has 10 heteroatoms. The van der Waals surface area contributed by atoms with E-state index in [0.29, 0.717) is 51.9 Å². The predicted molar refractivity (Wildman–Crippen MR) is 254 cm³/mol. The number of ether oxygens (including phenoxy) is 4. The molecule has 1 fully saturated rings. The Labute approximate surface area is 381 Å². The minimum atomic E-state index is -0.449. The zero-order valence-electron chi connectivity index (χ0n) is 41.3. The Balaban J connectivity index is 2.49. The van der Waals surface area contributed by atoms with Crippen molar-refractivity contribution in [2.45, 2.75) is 270 Å². The van der Waals surface area contributed by atoms with E-state index in [4.69, 9.17) is 18.9 Å². The van der Waals surface area contributed by atoms with E-state index < -0.39 is 6.04 Å². The summed E-state index contributed by atoms with van der Waals surface area (Å²) in [5.74, 6) is -0.644. The molecule has 0 aromatic heterocycles. The van der Waals surface area contributed by atoms with Crippen LogP contribution in [0.15, 0.2) is 0 Å². The third kappa shape index (κ3) is 32.5. The highest BCUT2D eigenvalue weighted by atomic mass is 16.6. The first kappa shape index (κ1) is 57.8. The van der Waals surface area contributed by atoms with Gasteiger partial charge in [0.2, 0.25) is 0 Å². The highest BCUT2D eigenvalue weighted by molar-refractivity contribution is 5.76. The van der Waals surface area contributed by atoms with Gasteiger partial charge >= 0.3 is 23.9 Å². The smallest absolute Gasteiger partial charge is 0.323 e. The van der Waals surface area contributed by atoms with Crippen LogP contribution in [0, 0.1) is 0 Å². The Morgan fingerprint density at radius 1 is 0.516 bits per heavy atom. The minimum absolute atomic E-state index is 0.0302. The number of nitrogens with zero attached hydrogens (tertiary/aromatic N) is 2. The van der Waals surface area contributed by atoms with Crippen molar-refractivity contribution in [3.05, 3.63) is 0 Å². The lowest BCUT2D eigenvalue weighted by Crippen LogP contribution is -2.38. The number of esters is 4. The van der Waals surface area contributed by atoms with Crippen LogP contribution in [0.25, 0.3) is 0 Å². The van der Waals surface area contributed by atoms with E-state index in [1.54, 1.807) is 0 Å². The third-order valence-corrected chi connectivity index (χ3v) is 12.4. The molecule has 0 amide bonds. The first-order chi connectivity index (χ1) is 30.1. The Bertz CT molecular complexity index is 1100. The molecule has 0 aromatic rings. The van der Waals surface area contributed by atoms with Crippen molar-refractivity contribution in [2.75, 3.05) is 40.3 Å². The molecule has 0 aromatic carbocycles. The van der Waals surface area contributed by atoms with Gasteiger partial charge in [0.05, 0.1) is 13.0 Å². The summed E-state index contributed by atoms with van der Waals surface area (Å²) in [6, 6.07) is -0.449. The fourth-order valence-corrected chi connectivity index (χ4v) is 8.48. The molecule has 1 rings (SSSR count). The average molecular weight is 879 g/mol. The summed E-state index contributed by atoms with van der Waals surface area (Å²) in [7, 11) is 3.86. The molecule has 4 atom stereocenters. The van der Waals surface area contributed by atoms with Crippen molar-refractivity contribution < 1.29 is 38.1 Å². The molecular formula is C52H98N2O8. The normalized spacial score (nSPS) is 16.4. The topological polar surface area (TPSA) is 112 Å². The van der Waals surface area contributed by atoms with Crippen LogP contribution in [-0.4, -0.2) is 98.4 Å². The van der Waals surface area contributed by atoms with Crippen LogP contribution in [0.3, 0.4) is 0 Å². The van der Waals surface area contributed by atoms with Crippen LogP contribution >= 0.6 is 0 Å². The van der Waals surface area contributed by atoms with Crippen molar-refractivity contribution in [2.24, 2.45) is 0 Å². The molecule has 0 bridgehead atoms. The Morgan fingerprint density at radius 2 is 0.952 bits per heavy atom. The number of hydrogen-bond acceptors (Lipinski definition) is 10. The summed E-state index contributed by atoms with van der Waals surface area (Å²) < 4.78 is 23.5. The second-order valence-electron chi connectivity index (χ2n) is 18.7. The van der Waals surface area contributed by atoms with E-state index in [1.807, 2.05) is 19.0 Å². The van der Waals surface area contributed by atoms with E-state index >= 15 is 0 Å². The third-order valence-electron chi connectivity index (χ3n) is 12.4. The second-order valence-corrected chi connectivity index (χ2v) is 18.7. The molecule has 0 radical (unpaired) electrons. The Morgan fingerprint density at radius 3 is 1.47 bits per heavy atom. The molecule has 1 aliphatic heterocycles. The molecule has 1 saturated heterocycles. The molecule has 10 nitrogen and oxygen atoms in total. The largest absolute Gasteiger partial charge is 0.465 e. The van der Waals surface area contributed by atoms with E-state index in [2.05, 4.69) is 32.6 Å². The lowest BCUT2D eigenvalue weighted by molar-refractivity contribution is -0.151. The molecule has 0 N–H and O–H groups in total. The van der Waals surface area contributed by atoms with E-state index in [-0.39, 0.29) is 42.2 Å². The highest BCUT2D eigenvalue weighted by Crippen LogP contribution is 2.24. The minimum Gasteiger partial charge on any atom is -0.465 e. The van der Waals surface area contributed by atoms with Gasteiger partial charge in [-0.15, -0.1) is 0 Å². The van der Waals surface area contributed by atoms with Crippen molar-refractivity contribution in [3.63, 3.8) is 0 Å². The summed E-state index contributed by atoms with van der Waals surface area (Å²) >= 11 is 0. The van der Waals surface area contributed by atoms with Crippen LogP contribution in [0.2, 0.25) is 0 Å². The van der Waals surface area contributed by atoms with Gasteiger partial charge in [0.15, 0.2) is 0 Å². The zero-order chi connectivity index (χ0) is 45.5. The van der Waals surface area contributed by atoms with Gasteiger partial charge in [-0.25, -0.2) is 0 Å². The standard InChI is InChI=1S/C52H98N2O8/c1-7-11-15-18-21-27-35-45(33-14-10-4)60-49(55)37-29-23-20-24-32-42-59-52(58)48-43-47(62-51(57)39-41-53(5)6)44-54(48)40-31-25-30-38-50(56)61-46(34-26-17-13-9-3)36-28-22-19-16-12-8-2/h45-48H,7-44H2,1-6H3/t45?,46?,47?,48-/m0/s1. The van der Waals surface area contributed by atoms with Crippen molar-refractivity contribution in [3.8, 4) is 0 Å². The van der Waals surface area contributed by atoms with Crippen LogP contribution in [-0.2, 0) is 38.1 Å². The first-order valence-corrected chi connectivity index (χ1v) is 26.3. The molecule has 0 spiro atoms. The van der Waals surface area contributed by atoms with Crippen LogP contribution in [0.4, 0.5) is 0 Å². The van der Waals surface area contributed by atoms with E-state index in [0.717, 1.165) is 109 Å². The Kier molecular flexibility index (Phi) is 37.6. The number of hydrogen-bond donors (Lipinski definition) is 0. The van der Waals surface area contributed by atoms with Gasteiger partial charge in [-0.3, -0.25) is 24.1 Å². The SMILES string of the molecule is CCCCCCCCC(CCCC)OC(=O)CCCCCCCOC(=O)[C@@H]1CC(OC(=O)CCN(C)C)CN1CCCCCC(=O)OC(CCCCCC)CCCCCCCC. The molecule has 3 unspecified atom stereocenters. The lowest BCUT2D eigenvalue weighted by Gasteiger charge is -2.22. The summed E-state index contributed by atoms with van der Waals surface area (Å²) in [6.07, 6.45) is 34.1. The molecular weight excluding hydrogens is 781 g/mol. The maximum Gasteiger partial charge on any atom is 0.323 e. The summed E-state index contributed by atoms with van der Waals surface area (Å²) in [5.41, 5.74) is 0. The second kappa shape index (κ2) is 40.3. The number of carbonyl (C=O) groups is 4. The zero-order valence-corrected chi connectivity index (χ0v) is 41.3. The quantitative estimate of drug-likeness (QED) is 0.0333. The van der Waals surface area contributed by atoms with Gasteiger partial charge in [0.1, 0.15) is 24.4 Å². The first-order valence-electron chi connectivity index (χ1n) is 26.3. The molecule has 0 saturated carbocycles. The molecule has 1 aliphatic rings. The number of unbranched alkanes of at least 4 members (excludes halogenated alkanes) is 20. The fourth-order valence-electron chi connectivity index (χ4n) is 8.48. The van der Waals surface area contributed by atoms with E-state index in [9.17, 15) is 19.2 Å². The van der Waals surface area contributed by atoms with Gasteiger partial charge in [-0.05, 0) is 91.3 Å². The van der Waals surface area contributed by atoms with Crippen molar-refractivity contribution in [1.82, 2.24) is 9.80 Å². The van der Waals surface area contributed by atoms with Gasteiger partial charge < -0.3 is 23.8 Å². The van der Waals surface area contributed by atoms with Gasteiger partial charge in [-0.2, -0.15) is 0 Å². The molecule has 0 aliphatic carbocycles. The highest BCUT2D eigenvalue weighted by Gasteiger charge is 2.39. The van der Waals surface area contributed by atoms with Crippen molar-refractivity contribution in [1.29, 1.82) is 0 Å². The van der Waals surface area contributed by atoms with Crippen LogP contribution in [0.5, 0.6) is 0 Å². The Hall–Kier alpha value is -2.20. The maximum atomic E-state index is 13.4. The number of carbonyl (C=O) groups excluding carboxylic acids is 4. The van der Waals surface area contributed by atoms with Gasteiger partial charge in [0.25, 0.3) is 0 Å². The maximum absolute atomic E-state index is 13.4. The summed E-state index contributed by atoms with van der Waals surface area (Å²) in [5, 5.41) is 0. The lowest BCUT2D eigenvalue weighted by atomic mass is 10.0. The average Bonchev–Trinajstić information content (AvgIpc) is 3.65. The molecule has 1 heterocycles. The summed E-state index contributed by atoms with van der Waals surface area (Å²) in [4.78, 5) is 55.6. The predicted octanol–water partition coefficient (Wildman–Crippen LogP) is 12.9. The van der Waals surface area contributed by atoms with Gasteiger partial charge in [0, 0.05) is 32.4 Å². The molecule has 364 valence electrons. The van der Waals surface area contributed by atoms with Gasteiger partial charge in [-0.1, -0.05) is 150 Å². The monoisotopic (exact) mass is 879 g/mol. The van der Waals surface area contributed by atoms with Crippen LogP contribution < -0.4 is 0 Å². The fraction of sp³-hybridized carbons (Fsp3) is 0.923. The molecule has 62 heavy (non-hydrogen) atoms. The van der Waals surface area contributed by atoms with E-state index in [1.165, 1.54) is 83.5 Å². The number of rotatable bonds is 43.